The Kier molecular flexibility index (Phi) is 6.29. The molecule has 6 heteroatoms. The van der Waals surface area contributed by atoms with Gasteiger partial charge in [-0.2, -0.15) is 0 Å². The number of rotatable bonds is 7. The molecule has 2 heterocycles. The Bertz CT molecular complexity index is 979. The van der Waals surface area contributed by atoms with Crippen molar-refractivity contribution in [3.8, 4) is 0 Å². The first kappa shape index (κ1) is 23.2. The van der Waals surface area contributed by atoms with E-state index in [0.717, 1.165) is 16.7 Å². The second-order valence-corrected chi connectivity index (χ2v) is 9.31. The number of aliphatic hydroxyl groups is 1. The molecule has 2 saturated heterocycles. The summed E-state index contributed by atoms with van der Waals surface area (Å²) in [4.78, 5) is 0. The molecule has 2 aliphatic rings. The fraction of sp³-hybridized carbons (Fsp3) is 0.357. The zero-order valence-corrected chi connectivity index (χ0v) is 19.4. The Labute approximate surface area is 200 Å². The highest BCUT2D eigenvalue weighted by molar-refractivity contribution is 5.47. The first-order chi connectivity index (χ1) is 16.4. The van der Waals surface area contributed by atoms with Crippen LogP contribution in [0.5, 0.6) is 0 Å². The van der Waals surface area contributed by atoms with Crippen molar-refractivity contribution in [1.82, 2.24) is 0 Å². The van der Waals surface area contributed by atoms with Crippen LogP contribution in [0.1, 0.15) is 30.5 Å². The van der Waals surface area contributed by atoms with E-state index in [4.69, 9.17) is 24.7 Å². The van der Waals surface area contributed by atoms with E-state index in [1.165, 1.54) is 0 Å². The molecule has 0 saturated carbocycles. The molecule has 0 amide bonds. The molecule has 6 nitrogen and oxygen atoms in total. The highest BCUT2D eigenvalue weighted by Gasteiger charge is 2.55. The molecular weight excluding hydrogens is 430 g/mol. The van der Waals surface area contributed by atoms with E-state index >= 15 is 0 Å². The van der Waals surface area contributed by atoms with Crippen LogP contribution in [-0.4, -0.2) is 48.1 Å². The van der Waals surface area contributed by atoms with Crippen LogP contribution in [0.3, 0.4) is 0 Å². The Morgan fingerprint density at radius 1 is 0.853 bits per heavy atom. The molecular formula is C28H31NO5. The van der Waals surface area contributed by atoms with Crippen molar-refractivity contribution in [2.75, 3.05) is 6.61 Å². The predicted octanol–water partition coefficient (Wildman–Crippen LogP) is 3.56. The van der Waals surface area contributed by atoms with Crippen LogP contribution in [-0.2, 0) is 24.5 Å². The average molecular weight is 462 g/mol. The van der Waals surface area contributed by atoms with E-state index in [1.54, 1.807) is 13.8 Å². The number of aliphatic hydroxyl groups excluding tert-OH is 1. The van der Waals surface area contributed by atoms with Gasteiger partial charge in [-0.25, -0.2) is 0 Å². The van der Waals surface area contributed by atoms with Crippen LogP contribution in [0.4, 0.5) is 0 Å². The average Bonchev–Trinajstić information content (AvgIpc) is 3.33. The molecule has 5 unspecified atom stereocenters. The minimum absolute atomic E-state index is 0.142. The van der Waals surface area contributed by atoms with E-state index < -0.39 is 42.0 Å². The zero-order valence-electron chi connectivity index (χ0n) is 19.4. The maximum Gasteiger partial charge on any atom is 0.190 e. The molecule has 5 atom stereocenters. The zero-order chi connectivity index (χ0) is 23.8. The lowest BCUT2D eigenvalue weighted by molar-refractivity contribution is -0.218. The van der Waals surface area contributed by atoms with Gasteiger partial charge in [-0.05, 0) is 30.5 Å². The summed E-state index contributed by atoms with van der Waals surface area (Å²) < 4.78 is 24.4. The van der Waals surface area contributed by atoms with E-state index in [-0.39, 0.29) is 6.61 Å². The molecule has 0 bridgehead atoms. The number of benzene rings is 3. The number of nitrogens with two attached hydrogens (primary N) is 1. The molecule has 34 heavy (non-hydrogen) atoms. The van der Waals surface area contributed by atoms with Crippen LogP contribution in [0.15, 0.2) is 91.0 Å². The van der Waals surface area contributed by atoms with Crippen molar-refractivity contribution in [2.24, 2.45) is 5.73 Å². The quantitative estimate of drug-likeness (QED) is 0.524. The first-order valence-electron chi connectivity index (χ1n) is 11.7. The maximum absolute atomic E-state index is 10.9. The summed E-state index contributed by atoms with van der Waals surface area (Å²) in [5.74, 6) is -0.801. The van der Waals surface area contributed by atoms with Gasteiger partial charge >= 0.3 is 0 Å². The lowest BCUT2D eigenvalue weighted by Gasteiger charge is -2.37. The van der Waals surface area contributed by atoms with Gasteiger partial charge in [0.25, 0.3) is 0 Å². The van der Waals surface area contributed by atoms with E-state index in [2.05, 4.69) is 36.4 Å². The summed E-state index contributed by atoms with van der Waals surface area (Å²) >= 11 is 0. The maximum atomic E-state index is 10.9. The van der Waals surface area contributed by atoms with Gasteiger partial charge in [0.2, 0.25) is 0 Å². The van der Waals surface area contributed by atoms with Gasteiger partial charge in [0.15, 0.2) is 12.1 Å². The van der Waals surface area contributed by atoms with Crippen LogP contribution in [0, 0.1) is 0 Å². The van der Waals surface area contributed by atoms with Crippen LogP contribution in [0.25, 0.3) is 0 Å². The molecule has 3 aromatic carbocycles. The third-order valence-corrected chi connectivity index (χ3v) is 6.51. The minimum atomic E-state index is -0.912. The Morgan fingerprint density at radius 3 is 1.76 bits per heavy atom. The fourth-order valence-electron chi connectivity index (χ4n) is 4.95. The number of hydrogen-bond acceptors (Lipinski definition) is 6. The fourth-order valence-corrected chi connectivity index (χ4v) is 4.95. The van der Waals surface area contributed by atoms with Crippen molar-refractivity contribution in [1.29, 1.82) is 0 Å². The molecule has 2 aliphatic heterocycles. The highest BCUT2D eigenvalue weighted by atomic mass is 16.8. The van der Waals surface area contributed by atoms with Crippen molar-refractivity contribution < 1.29 is 24.1 Å². The molecule has 0 aromatic heterocycles. The topological polar surface area (TPSA) is 83.2 Å². The standard InChI is InChI=1S/C28H31NO5/c1-27(2)33-25-23(30)24(32-26(25)34-27)22(29)18-31-28(19-12-6-3-7-13-19,20-14-8-4-9-15-20)21-16-10-5-11-17-21/h3-17,22-26,30H,18,29H2,1-2H3. The largest absolute Gasteiger partial charge is 0.387 e. The third-order valence-electron chi connectivity index (χ3n) is 6.51. The van der Waals surface area contributed by atoms with Gasteiger partial charge in [0.1, 0.15) is 23.9 Å². The molecule has 0 radical (unpaired) electrons. The third kappa shape index (κ3) is 4.18. The molecule has 178 valence electrons. The van der Waals surface area contributed by atoms with Crippen LogP contribution >= 0.6 is 0 Å². The van der Waals surface area contributed by atoms with E-state index in [1.807, 2.05) is 54.6 Å². The van der Waals surface area contributed by atoms with Gasteiger partial charge < -0.3 is 29.8 Å². The van der Waals surface area contributed by atoms with Gasteiger partial charge in [0.05, 0.1) is 12.6 Å². The smallest absolute Gasteiger partial charge is 0.190 e. The first-order valence-corrected chi connectivity index (χ1v) is 11.7. The summed E-state index contributed by atoms with van der Waals surface area (Å²) in [5.41, 5.74) is 8.62. The summed E-state index contributed by atoms with van der Waals surface area (Å²) in [6.07, 6.45) is -2.81. The summed E-state index contributed by atoms with van der Waals surface area (Å²) in [5, 5.41) is 10.9. The summed E-state index contributed by atoms with van der Waals surface area (Å²) in [7, 11) is 0. The van der Waals surface area contributed by atoms with E-state index in [9.17, 15) is 5.11 Å². The van der Waals surface area contributed by atoms with Gasteiger partial charge in [-0.3, -0.25) is 0 Å². The number of hydrogen-bond donors (Lipinski definition) is 2. The predicted molar refractivity (Wildman–Crippen MR) is 128 cm³/mol. The molecule has 2 fully saturated rings. The van der Waals surface area contributed by atoms with Crippen molar-refractivity contribution in [3.63, 3.8) is 0 Å². The second-order valence-electron chi connectivity index (χ2n) is 9.31. The Hall–Kier alpha value is -2.58. The SMILES string of the molecule is CC1(C)OC2OC(C(N)COC(c3ccccc3)(c3ccccc3)c3ccccc3)C(O)C2O1. The normalized spacial score (nSPS) is 26.8. The molecule has 3 aromatic rings. The minimum Gasteiger partial charge on any atom is -0.387 e. The van der Waals surface area contributed by atoms with Gasteiger partial charge in [0, 0.05) is 0 Å². The number of ether oxygens (including phenoxy) is 4. The second kappa shape index (κ2) is 9.23. The van der Waals surface area contributed by atoms with Gasteiger partial charge in [-0.1, -0.05) is 91.0 Å². The highest BCUT2D eigenvalue weighted by Crippen LogP contribution is 2.42. The van der Waals surface area contributed by atoms with Crippen LogP contribution in [0.2, 0.25) is 0 Å². The lowest BCUT2D eigenvalue weighted by Crippen LogP contribution is -2.49. The van der Waals surface area contributed by atoms with Crippen LogP contribution < -0.4 is 5.73 Å². The summed E-state index contributed by atoms with van der Waals surface area (Å²) in [6.45, 7) is 3.74. The van der Waals surface area contributed by atoms with Crippen molar-refractivity contribution >= 4 is 0 Å². The Balaban J connectivity index is 1.46. The molecule has 3 N–H and O–H groups in total. The lowest BCUT2D eigenvalue weighted by atomic mass is 9.80. The Morgan fingerprint density at radius 2 is 1.32 bits per heavy atom. The monoisotopic (exact) mass is 461 g/mol. The molecule has 0 aliphatic carbocycles. The molecule has 0 spiro atoms. The number of fused-ring (bicyclic) bond motifs is 1. The van der Waals surface area contributed by atoms with Crippen molar-refractivity contribution in [3.05, 3.63) is 108 Å². The van der Waals surface area contributed by atoms with E-state index in [0.29, 0.717) is 0 Å². The molecule has 5 rings (SSSR count). The van der Waals surface area contributed by atoms with Crippen molar-refractivity contribution in [2.45, 2.75) is 55.9 Å². The summed E-state index contributed by atoms with van der Waals surface area (Å²) in [6, 6.07) is 29.7. The van der Waals surface area contributed by atoms with Gasteiger partial charge in [-0.15, -0.1) is 0 Å².